The number of hydrogen-bond acceptors (Lipinski definition) is 5. The molecule has 3 N–H and O–H groups in total. The summed E-state index contributed by atoms with van der Waals surface area (Å²) in [6, 6.07) is 7.30. The van der Waals surface area contributed by atoms with E-state index < -0.39 is 10.8 Å². The van der Waals surface area contributed by atoms with Crippen LogP contribution in [0.15, 0.2) is 24.3 Å². The average molecular weight is 275 g/mol. The van der Waals surface area contributed by atoms with Gasteiger partial charge in [0.15, 0.2) is 0 Å². The van der Waals surface area contributed by atoms with E-state index in [0.29, 0.717) is 5.69 Å². The number of nitrogens with zero attached hydrogens (tertiary/aromatic N) is 2. The summed E-state index contributed by atoms with van der Waals surface area (Å²) in [5.74, 6) is -0.679. The standard InChI is InChI=1S/C12H13N5O3/c1-7-3-5-9(6-4-7)14-16-12(18)10-11(17(19)20)8(2)13-15-10/h3-6,14H,1-2H3,(H,13,15)(H,16,18). The molecule has 8 nitrogen and oxygen atoms in total. The molecule has 1 aromatic heterocycles. The quantitative estimate of drug-likeness (QED) is 0.580. The van der Waals surface area contributed by atoms with Crippen LogP contribution in [0.25, 0.3) is 0 Å². The van der Waals surface area contributed by atoms with Gasteiger partial charge in [-0.3, -0.25) is 30.9 Å². The molecule has 0 saturated carbocycles. The molecule has 20 heavy (non-hydrogen) atoms. The molecular formula is C12H13N5O3. The molecule has 0 aliphatic heterocycles. The number of benzene rings is 1. The van der Waals surface area contributed by atoms with Crippen LogP contribution in [0.4, 0.5) is 11.4 Å². The van der Waals surface area contributed by atoms with Crippen LogP contribution in [0, 0.1) is 24.0 Å². The third kappa shape index (κ3) is 2.74. The highest BCUT2D eigenvalue weighted by Crippen LogP contribution is 2.19. The minimum Gasteiger partial charge on any atom is -0.298 e. The van der Waals surface area contributed by atoms with Gasteiger partial charge in [0.25, 0.3) is 5.91 Å². The lowest BCUT2D eigenvalue weighted by Crippen LogP contribution is -2.30. The number of hydrogen-bond donors (Lipinski definition) is 3. The second kappa shape index (κ2) is 5.39. The Morgan fingerprint density at radius 3 is 2.55 bits per heavy atom. The Bertz CT molecular complexity index is 648. The Kier molecular flexibility index (Phi) is 3.65. The van der Waals surface area contributed by atoms with Crippen molar-refractivity contribution in [2.24, 2.45) is 0 Å². The fourth-order valence-corrected chi connectivity index (χ4v) is 1.63. The van der Waals surface area contributed by atoms with Crippen LogP contribution in [0.1, 0.15) is 21.7 Å². The molecule has 2 aromatic rings. The van der Waals surface area contributed by atoms with E-state index in [2.05, 4.69) is 21.0 Å². The average Bonchev–Trinajstić information content (AvgIpc) is 2.80. The molecule has 104 valence electrons. The summed E-state index contributed by atoms with van der Waals surface area (Å²) in [6.45, 7) is 3.42. The van der Waals surface area contributed by atoms with E-state index in [1.54, 1.807) is 12.1 Å². The number of H-pyrrole nitrogens is 1. The lowest BCUT2D eigenvalue weighted by atomic mass is 10.2. The number of aromatic nitrogens is 2. The van der Waals surface area contributed by atoms with E-state index in [1.807, 2.05) is 19.1 Å². The van der Waals surface area contributed by atoms with Crippen LogP contribution in [-0.2, 0) is 0 Å². The number of carbonyl (C=O) groups is 1. The minimum absolute atomic E-state index is 0.232. The van der Waals surface area contributed by atoms with E-state index in [0.717, 1.165) is 5.56 Å². The number of aryl methyl sites for hydroxylation is 2. The fourth-order valence-electron chi connectivity index (χ4n) is 1.63. The van der Waals surface area contributed by atoms with E-state index in [1.165, 1.54) is 6.92 Å². The van der Waals surface area contributed by atoms with Crippen molar-refractivity contribution < 1.29 is 9.72 Å². The van der Waals surface area contributed by atoms with Gasteiger partial charge in [-0.15, -0.1) is 0 Å². The summed E-state index contributed by atoms with van der Waals surface area (Å²) in [5, 5.41) is 16.9. The van der Waals surface area contributed by atoms with Crippen molar-refractivity contribution in [2.45, 2.75) is 13.8 Å². The molecule has 0 saturated heterocycles. The van der Waals surface area contributed by atoms with E-state index >= 15 is 0 Å². The van der Waals surface area contributed by atoms with Gasteiger partial charge in [0, 0.05) is 0 Å². The van der Waals surface area contributed by atoms with Gasteiger partial charge in [-0.25, -0.2) is 0 Å². The van der Waals surface area contributed by atoms with Gasteiger partial charge >= 0.3 is 5.69 Å². The zero-order chi connectivity index (χ0) is 14.7. The van der Waals surface area contributed by atoms with Crippen molar-refractivity contribution in [3.8, 4) is 0 Å². The molecule has 0 aliphatic rings. The van der Waals surface area contributed by atoms with Gasteiger partial charge in [-0.2, -0.15) is 5.10 Å². The summed E-state index contributed by atoms with van der Waals surface area (Å²) in [5.41, 5.74) is 6.44. The van der Waals surface area contributed by atoms with Gasteiger partial charge in [0.1, 0.15) is 5.69 Å². The largest absolute Gasteiger partial charge is 0.322 e. The number of nitrogens with one attached hydrogen (secondary N) is 3. The van der Waals surface area contributed by atoms with Crippen molar-refractivity contribution in [2.75, 3.05) is 5.43 Å². The number of rotatable bonds is 4. The third-order valence-corrected chi connectivity index (χ3v) is 2.68. The number of amides is 1. The van der Waals surface area contributed by atoms with Crippen molar-refractivity contribution in [1.82, 2.24) is 15.6 Å². The SMILES string of the molecule is Cc1ccc(NNC(=O)c2n[nH]c(C)c2[N+](=O)[O-])cc1. The first-order valence-corrected chi connectivity index (χ1v) is 5.81. The maximum atomic E-state index is 11.9. The number of anilines is 1. The Morgan fingerprint density at radius 1 is 1.30 bits per heavy atom. The summed E-state index contributed by atoms with van der Waals surface area (Å²) < 4.78 is 0. The maximum Gasteiger partial charge on any atom is 0.322 e. The first-order valence-electron chi connectivity index (χ1n) is 5.81. The minimum atomic E-state index is -0.679. The molecule has 0 atom stereocenters. The monoisotopic (exact) mass is 275 g/mol. The Balaban J connectivity index is 2.09. The zero-order valence-electron chi connectivity index (χ0n) is 10.9. The maximum absolute atomic E-state index is 11.9. The first kappa shape index (κ1) is 13.5. The normalized spacial score (nSPS) is 10.1. The highest BCUT2D eigenvalue weighted by Gasteiger charge is 2.26. The first-order chi connectivity index (χ1) is 9.49. The molecular weight excluding hydrogens is 262 g/mol. The second-order valence-electron chi connectivity index (χ2n) is 4.25. The molecule has 1 heterocycles. The van der Waals surface area contributed by atoms with Crippen molar-refractivity contribution >= 4 is 17.3 Å². The number of carbonyl (C=O) groups excluding carboxylic acids is 1. The van der Waals surface area contributed by atoms with Crippen molar-refractivity contribution in [3.63, 3.8) is 0 Å². The number of hydrazine groups is 1. The van der Waals surface area contributed by atoms with Crippen LogP contribution >= 0.6 is 0 Å². The predicted octanol–water partition coefficient (Wildman–Crippen LogP) is 1.69. The van der Waals surface area contributed by atoms with Gasteiger partial charge in [0.2, 0.25) is 5.69 Å². The Hall–Kier alpha value is -2.90. The topological polar surface area (TPSA) is 113 Å². The molecule has 0 radical (unpaired) electrons. The van der Waals surface area contributed by atoms with Crippen LogP contribution in [-0.4, -0.2) is 21.0 Å². The van der Waals surface area contributed by atoms with E-state index in [9.17, 15) is 14.9 Å². The van der Waals surface area contributed by atoms with Crippen molar-refractivity contribution in [3.05, 3.63) is 51.3 Å². The number of nitro groups is 1. The number of aromatic amines is 1. The molecule has 1 amide bonds. The summed E-state index contributed by atoms with van der Waals surface area (Å²) in [6.07, 6.45) is 0. The molecule has 0 unspecified atom stereocenters. The highest BCUT2D eigenvalue weighted by molar-refractivity contribution is 5.97. The second-order valence-corrected chi connectivity index (χ2v) is 4.25. The van der Waals surface area contributed by atoms with Crippen LogP contribution in [0.2, 0.25) is 0 Å². The van der Waals surface area contributed by atoms with Gasteiger partial charge in [-0.1, -0.05) is 17.7 Å². The van der Waals surface area contributed by atoms with Gasteiger partial charge in [0.05, 0.1) is 10.6 Å². The summed E-state index contributed by atoms with van der Waals surface area (Å²) >= 11 is 0. The predicted molar refractivity (Wildman–Crippen MR) is 72.2 cm³/mol. The van der Waals surface area contributed by atoms with Crippen LogP contribution < -0.4 is 10.9 Å². The molecule has 0 fully saturated rings. The Labute approximate surface area is 114 Å². The molecule has 0 bridgehead atoms. The molecule has 0 aliphatic carbocycles. The van der Waals surface area contributed by atoms with Crippen molar-refractivity contribution in [1.29, 1.82) is 0 Å². The van der Waals surface area contributed by atoms with E-state index in [-0.39, 0.29) is 17.1 Å². The summed E-state index contributed by atoms with van der Waals surface area (Å²) in [7, 11) is 0. The lowest BCUT2D eigenvalue weighted by Gasteiger charge is -2.07. The molecule has 2 rings (SSSR count). The zero-order valence-corrected chi connectivity index (χ0v) is 10.9. The summed E-state index contributed by atoms with van der Waals surface area (Å²) in [4.78, 5) is 22.1. The van der Waals surface area contributed by atoms with Gasteiger partial charge < -0.3 is 0 Å². The molecule has 1 aromatic carbocycles. The smallest absolute Gasteiger partial charge is 0.298 e. The fraction of sp³-hybridized carbons (Fsp3) is 0.167. The van der Waals surface area contributed by atoms with Crippen LogP contribution in [0.3, 0.4) is 0 Å². The molecule has 0 spiro atoms. The van der Waals surface area contributed by atoms with Gasteiger partial charge in [-0.05, 0) is 26.0 Å². The highest BCUT2D eigenvalue weighted by atomic mass is 16.6. The Morgan fingerprint density at radius 2 is 1.95 bits per heavy atom. The van der Waals surface area contributed by atoms with Crippen LogP contribution in [0.5, 0.6) is 0 Å². The van der Waals surface area contributed by atoms with E-state index in [4.69, 9.17) is 0 Å². The molecule has 8 heteroatoms. The lowest BCUT2D eigenvalue weighted by molar-refractivity contribution is -0.385. The third-order valence-electron chi connectivity index (χ3n) is 2.68.